The summed E-state index contributed by atoms with van der Waals surface area (Å²) in [7, 11) is 0. The highest BCUT2D eigenvalue weighted by atomic mass is 32.2. The first kappa shape index (κ1) is 24.2. The molecule has 0 spiro atoms. The van der Waals surface area contributed by atoms with Gasteiger partial charge < -0.3 is 9.52 Å². The number of fused-ring (bicyclic) bond motifs is 1. The van der Waals surface area contributed by atoms with Gasteiger partial charge in [0, 0.05) is 11.3 Å². The number of para-hydroxylation sites is 1. The summed E-state index contributed by atoms with van der Waals surface area (Å²) in [6.45, 7) is 0. The van der Waals surface area contributed by atoms with Crippen LogP contribution in [0.4, 0.5) is 0 Å². The van der Waals surface area contributed by atoms with E-state index in [1.165, 1.54) is 18.0 Å². The molecule has 0 saturated carbocycles. The first-order chi connectivity index (χ1) is 19.2. The van der Waals surface area contributed by atoms with Crippen molar-refractivity contribution in [2.75, 3.05) is 0 Å². The molecule has 0 radical (unpaired) electrons. The summed E-state index contributed by atoms with van der Waals surface area (Å²) < 4.78 is 7.87. The Morgan fingerprint density at radius 3 is 2.33 bits per heavy atom. The average Bonchev–Trinajstić information content (AvgIpc) is 3.60. The molecule has 8 nitrogen and oxygen atoms in total. The van der Waals surface area contributed by atoms with E-state index in [0.29, 0.717) is 16.0 Å². The molecular formula is C30H21N5O3S. The lowest BCUT2D eigenvalue weighted by molar-refractivity contribution is 0.0952. The largest absolute Gasteiger partial charge is 0.507 e. The van der Waals surface area contributed by atoms with E-state index in [0.717, 1.165) is 27.8 Å². The van der Waals surface area contributed by atoms with Gasteiger partial charge in [0.1, 0.15) is 11.5 Å². The average molecular weight is 532 g/mol. The van der Waals surface area contributed by atoms with Crippen molar-refractivity contribution >= 4 is 34.7 Å². The second kappa shape index (κ2) is 10.7. The Bertz CT molecular complexity index is 1800. The van der Waals surface area contributed by atoms with E-state index < -0.39 is 5.91 Å². The minimum Gasteiger partial charge on any atom is -0.507 e. The fraction of sp³-hybridized carbons (Fsp3) is 0. The van der Waals surface area contributed by atoms with Crippen LogP contribution in [0.1, 0.15) is 16.1 Å². The maximum atomic E-state index is 12.6. The minimum absolute atomic E-state index is 0.115. The highest BCUT2D eigenvalue weighted by molar-refractivity contribution is 7.99. The number of carbonyl (C=O) groups is 1. The van der Waals surface area contributed by atoms with Gasteiger partial charge in [0.2, 0.25) is 5.16 Å². The molecule has 0 unspecified atom stereocenters. The number of amides is 1. The number of aromatic nitrogens is 3. The monoisotopic (exact) mass is 531 g/mol. The Labute approximate surface area is 227 Å². The van der Waals surface area contributed by atoms with Gasteiger partial charge in [0.25, 0.3) is 5.91 Å². The lowest BCUT2D eigenvalue weighted by Gasteiger charge is -2.09. The number of hydrogen-bond donors (Lipinski definition) is 2. The maximum Gasteiger partial charge on any atom is 0.275 e. The summed E-state index contributed by atoms with van der Waals surface area (Å²) >= 11 is 1.33. The third kappa shape index (κ3) is 5.16. The van der Waals surface area contributed by atoms with Gasteiger partial charge in [-0.15, -0.1) is 10.2 Å². The Morgan fingerprint density at radius 1 is 0.872 bits per heavy atom. The molecule has 190 valence electrons. The predicted molar refractivity (Wildman–Crippen MR) is 150 cm³/mol. The van der Waals surface area contributed by atoms with Gasteiger partial charge in [0.05, 0.1) is 11.8 Å². The Morgan fingerprint density at radius 2 is 1.56 bits per heavy atom. The molecule has 0 saturated heterocycles. The molecular weight excluding hydrogens is 510 g/mol. The molecule has 39 heavy (non-hydrogen) atoms. The first-order valence-electron chi connectivity index (χ1n) is 12.0. The number of rotatable bonds is 7. The van der Waals surface area contributed by atoms with Gasteiger partial charge >= 0.3 is 0 Å². The van der Waals surface area contributed by atoms with Gasteiger partial charge in [-0.3, -0.25) is 9.36 Å². The fourth-order valence-electron chi connectivity index (χ4n) is 4.09. The summed E-state index contributed by atoms with van der Waals surface area (Å²) in [6.07, 6.45) is 1.40. The number of furan rings is 1. The van der Waals surface area contributed by atoms with Crippen LogP contribution < -0.4 is 5.43 Å². The van der Waals surface area contributed by atoms with Gasteiger partial charge in [-0.05, 0) is 58.9 Å². The highest BCUT2D eigenvalue weighted by Crippen LogP contribution is 2.33. The Balaban J connectivity index is 1.19. The second-order valence-electron chi connectivity index (χ2n) is 8.52. The number of benzene rings is 4. The molecule has 6 rings (SSSR count). The molecule has 0 fully saturated rings. The Kier molecular flexibility index (Phi) is 6.63. The van der Waals surface area contributed by atoms with E-state index in [4.69, 9.17) is 4.42 Å². The second-order valence-corrected chi connectivity index (χ2v) is 9.49. The molecule has 2 heterocycles. The smallest absolute Gasteiger partial charge is 0.275 e. The summed E-state index contributed by atoms with van der Waals surface area (Å²) in [5, 5.41) is 26.0. The quantitative estimate of drug-likeness (QED) is 0.185. The van der Waals surface area contributed by atoms with Gasteiger partial charge in [-0.2, -0.15) is 5.10 Å². The molecule has 9 heteroatoms. The standard InChI is InChI=1S/C30H21N5O3S/c36-26-18-22-12-8-7-11-21(22)17-25(26)29(37)33-31-19-24-15-16-27(38-24)39-30-34-32-28(20-9-3-1-4-10-20)35(30)23-13-5-2-6-14-23/h1-19,36H,(H,33,37)/b31-19-. The molecule has 0 aliphatic rings. The molecule has 4 aromatic carbocycles. The zero-order valence-corrected chi connectivity index (χ0v) is 21.2. The van der Waals surface area contributed by atoms with E-state index in [-0.39, 0.29) is 11.3 Å². The summed E-state index contributed by atoms with van der Waals surface area (Å²) in [5.74, 6) is 0.516. The van der Waals surface area contributed by atoms with Crippen LogP contribution in [-0.2, 0) is 0 Å². The molecule has 0 aliphatic carbocycles. The van der Waals surface area contributed by atoms with Crippen LogP contribution in [0.3, 0.4) is 0 Å². The molecule has 1 amide bonds. The number of phenolic OH excluding ortho intramolecular Hbond substituents is 1. The summed E-state index contributed by atoms with van der Waals surface area (Å²) in [6, 6.07) is 34.0. The Hall–Kier alpha value is -5.15. The van der Waals surface area contributed by atoms with Crippen molar-refractivity contribution in [1.82, 2.24) is 20.2 Å². The van der Waals surface area contributed by atoms with Gasteiger partial charge in [0.15, 0.2) is 10.9 Å². The number of nitrogens with one attached hydrogen (secondary N) is 1. The van der Waals surface area contributed by atoms with E-state index in [2.05, 4.69) is 20.7 Å². The van der Waals surface area contributed by atoms with Crippen LogP contribution in [0.25, 0.3) is 27.8 Å². The summed E-state index contributed by atoms with van der Waals surface area (Å²) in [5.41, 5.74) is 4.45. The predicted octanol–water partition coefficient (Wildman–Crippen LogP) is 6.30. The number of hydrazone groups is 1. The van der Waals surface area contributed by atoms with Crippen molar-refractivity contribution in [1.29, 1.82) is 0 Å². The number of phenols is 1. The number of hydrogen-bond acceptors (Lipinski definition) is 7. The number of aromatic hydroxyl groups is 1. The minimum atomic E-state index is -0.528. The highest BCUT2D eigenvalue weighted by Gasteiger charge is 2.18. The maximum absolute atomic E-state index is 12.6. The lowest BCUT2D eigenvalue weighted by atomic mass is 10.1. The third-order valence-electron chi connectivity index (χ3n) is 5.94. The van der Waals surface area contributed by atoms with E-state index in [1.54, 1.807) is 24.3 Å². The van der Waals surface area contributed by atoms with Crippen LogP contribution in [-0.4, -0.2) is 32.0 Å². The normalized spacial score (nSPS) is 11.3. The van der Waals surface area contributed by atoms with Gasteiger partial charge in [-0.1, -0.05) is 72.8 Å². The van der Waals surface area contributed by atoms with Crippen molar-refractivity contribution in [2.24, 2.45) is 5.10 Å². The summed E-state index contributed by atoms with van der Waals surface area (Å²) in [4.78, 5) is 12.6. The molecule has 6 aromatic rings. The van der Waals surface area contributed by atoms with Crippen molar-refractivity contribution < 1.29 is 14.3 Å². The lowest BCUT2D eigenvalue weighted by Crippen LogP contribution is -2.17. The zero-order valence-electron chi connectivity index (χ0n) is 20.4. The molecule has 2 N–H and O–H groups in total. The number of nitrogens with zero attached hydrogens (tertiary/aromatic N) is 4. The van der Waals surface area contributed by atoms with Crippen LogP contribution >= 0.6 is 11.8 Å². The van der Waals surface area contributed by atoms with E-state index in [9.17, 15) is 9.90 Å². The first-order valence-corrected chi connectivity index (χ1v) is 12.9. The molecule has 2 aromatic heterocycles. The van der Waals surface area contributed by atoms with Crippen LogP contribution in [0.2, 0.25) is 0 Å². The van der Waals surface area contributed by atoms with Crippen molar-refractivity contribution in [3.8, 4) is 22.8 Å². The SMILES string of the molecule is O=C(N/N=C\c1ccc(Sc2nnc(-c3ccccc3)n2-c2ccccc2)o1)c1cc2ccccc2cc1O. The number of carbonyl (C=O) groups excluding carboxylic acids is 1. The van der Waals surface area contributed by atoms with Crippen LogP contribution in [0.5, 0.6) is 5.75 Å². The van der Waals surface area contributed by atoms with E-state index >= 15 is 0 Å². The van der Waals surface area contributed by atoms with Crippen molar-refractivity contribution in [3.05, 3.63) is 121 Å². The van der Waals surface area contributed by atoms with Crippen molar-refractivity contribution in [3.63, 3.8) is 0 Å². The van der Waals surface area contributed by atoms with Gasteiger partial charge in [-0.25, -0.2) is 5.43 Å². The topological polar surface area (TPSA) is 106 Å². The third-order valence-corrected chi connectivity index (χ3v) is 6.81. The van der Waals surface area contributed by atoms with Crippen LogP contribution in [0, 0.1) is 0 Å². The van der Waals surface area contributed by atoms with Crippen LogP contribution in [0.15, 0.2) is 129 Å². The molecule has 0 aliphatic heterocycles. The van der Waals surface area contributed by atoms with E-state index in [1.807, 2.05) is 89.5 Å². The van der Waals surface area contributed by atoms with Crippen molar-refractivity contribution in [2.45, 2.75) is 10.2 Å². The fourth-order valence-corrected chi connectivity index (χ4v) is 4.91. The molecule has 0 atom stereocenters. The molecule has 0 bridgehead atoms. The zero-order chi connectivity index (χ0) is 26.6.